The highest BCUT2D eigenvalue weighted by Gasteiger charge is 2.19. The van der Waals surface area contributed by atoms with Crippen LogP contribution in [0.4, 0.5) is 5.69 Å². The Hall–Kier alpha value is -3.35. The molecule has 3 N–H and O–H groups in total. The maximum atomic E-state index is 11.9. The summed E-state index contributed by atoms with van der Waals surface area (Å²) in [7, 11) is 0. The lowest BCUT2D eigenvalue weighted by atomic mass is 9.86. The maximum Gasteiger partial charge on any atom is 0.276 e. The molecule has 0 aliphatic carbocycles. The van der Waals surface area contributed by atoms with Crippen LogP contribution in [-0.2, 0) is 19.8 Å². The molecule has 7 nitrogen and oxygen atoms in total. The van der Waals surface area contributed by atoms with Crippen molar-refractivity contribution in [1.82, 2.24) is 10.9 Å². The summed E-state index contributed by atoms with van der Waals surface area (Å²) < 4.78 is 5.59. The molecule has 0 unspecified atom stereocenters. The fraction of sp³-hybridized carbons (Fsp3) is 0.318. The minimum absolute atomic E-state index is 0.00601. The molecule has 0 bridgehead atoms. The summed E-state index contributed by atoms with van der Waals surface area (Å²) in [5.74, 6) is -0.605. The van der Waals surface area contributed by atoms with Crippen molar-refractivity contribution in [3.8, 4) is 5.75 Å². The van der Waals surface area contributed by atoms with Gasteiger partial charge in [-0.15, -0.1) is 0 Å². The topological polar surface area (TPSA) is 96.5 Å². The molecule has 2 rings (SSSR count). The van der Waals surface area contributed by atoms with Crippen LogP contribution >= 0.6 is 0 Å². The molecule has 0 saturated carbocycles. The van der Waals surface area contributed by atoms with Gasteiger partial charge >= 0.3 is 0 Å². The Kier molecular flexibility index (Phi) is 7.77. The van der Waals surface area contributed by atoms with Crippen LogP contribution in [0.2, 0.25) is 0 Å². The van der Waals surface area contributed by atoms with Gasteiger partial charge in [-0.2, -0.15) is 0 Å². The van der Waals surface area contributed by atoms with E-state index in [1.807, 2.05) is 24.3 Å². The Labute approximate surface area is 170 Å². The summed E-state index contributed by atoms with van der Waals surface area (Å²) >= 11 is 0. The molecular formula is C22H27N3O4. The van der Waals surface area contributed by atoms with Crippen LogP contribution in [0, 0.1) is 0 Å². The fourth-order valence-corrected chi connectivity index (χ4v) is 2.57. The number of anilines is 1. The highest BCUT2D eigenvalue weighted by Crippen LogP contribution is 2.30. The highest BCUT2D eigenvalue weighted by atomic mass is 16.5. The van der Waals surface area contributed by atoms with Gasteiger partial charge in [-0.3, -0.25) is 25.2 Å². The average molecular weight is 397 g/mol. The molecule has 0 aromatic heterocycles. The zero-order valence-corrected chi connectivity index (χ0v) is 17.0. The number of carbonyl (C=O) groups excluding carboxylic acids is 3. The van der Waals surface area contributed by atoms with Crippen LogP contribution in [0.15, 0.2) is 54.6 Å². The average Bonchev–Trinajstić information content (AvgIpc) is 2.69. The van der Waals surface area contributed by atoms with Gasteiger partial charge in [-0.05, 0) is 29.2 Å². The third kappa shape index (κ3) is 7.65. The minimum atomic E-state index is -0.490. The van der Waals surface area contributed by atoms with E-state index in [9.17, 15) is 14.4 Å². The van der Waals surface area contributed by atoms with E-state index >= 15 is 0 Å². The van der Waals surface area contributed by atoms with Crippen molar-refractivity contribution >= 4 is 23.4 Å². The van der Waals surface area contributed by atoms with Crippen LogP contribution in [-0.4, -0.2) is 24.3 Å². The zero-order chi connectivity index (χ0) is 21.3. The summed E-state index contributed by atoms with van der Waals surface area (Å²) in [6, 6.07) is 16.5. The summed E-state index contributed by atoms with van der Waals surface area (Å²) in [5.41, 5.74) is 6.10. The summed E-state index contributed by atoms with van der Waals surface area (Å²) in [6.07, 6.45) is -0.0429. The smallest absolute Gasteiger partial charge is 0.276 e. The van der Waals surface area contributed by atoms with Gasteiger partial charge in [-0.1, -0.05) is 57.2 Å². The third-order valence-corrected chi connectivity index (χ3v) is 4.03. The molecule has 0 fully saturated rings. The van der Waals surface area contributed by atoms with Crippen molar-refractivity contribution in [2.24, 2.45) is 0 Å². The number of hydrazine groups is 1. The van der Waals surface area contributed by atoms with Crippen LogP contribution in [0.1, 0.15) is 39.2 Å². The minimum Gasteiger partial charge on any atom is -0.483 e. The molecular weight excluding hydrogens is 370 g/mol. The van der Waals surface area contributed by atoms with Crippen molar-refractivity contribution in [2.75, 3.05) is 11.9 Å². The Morgan fingerprint density at radius 1 is 0.793 bits per heavy atom. The number of hydrogen-bond donors (Lipinski definition) is 3. The summed E-state index contributed by atoms with van der Waals surface area (Å²) in [5, 5.41) is 2.69. The van der Waals surface area contributed by atoms with Crippen molar-refractivity contribution < 1.29 is 19.1 Å². The number of carbonyl (C=O) groups is 3. The molecule has 154 valence electrons. The second-order valence-electron chi connectivity index (χ2n) is 7.55. The molecule has 3 amide bonds. The lowest BCUT2D eigenvalue weighted by Gasteiger charge is -2.22. The van der Waals surface area contributed by atoms with Gasteiger partial charge in [0.2, 0.25) is 11.8 Å². The van der Waals surface area contributed by atoms with E-state index in [1.54, 1.807) is 30.3 Å². The van der Waals surface area contributed by atoms with Crippen LogP contribution in [0.5, 0.6) is 5.75 Å². The summed E-state index contributed by atoms with van der Waals surface area (Å²) in [4.78, 5) is 35.6. The van der Waals surface area contributed by atoms with Crippen LogP contribution < -0.4 is 20.9 Å². The fourth-order valence-electron chi connectivity index (χ4n) is 2.57. The molecule has 0 radical (unpaired) electrons. The van der Waals surface area contributed by atoms with E-state index in [0.717, 1.165) is 5.56 Å². The van der Waals surface area contributed by atoms with E-state index < -0.39 is 11.8 Å². The van der Waals surface area contributed by atoms with Gasteiger partial charge in [0.25, 0.3) is 5.91 Å². The first-order valence-electron chi connectivity index (χ1n) is 9.40. The normalized spacial score (nSPS) is 10.7. The lowest BCUT2D eigenvalue weighted by molar-refractivity contribution is -0.130. The van der Waals surface area contributed by atoms with E-state index in [0.29, 0.717) is 11.4 Å². The van der Waals surface area contributed by atoms with Crippen LogP contribution in [0.25, 0.3) is 0 Å². The van der Waals surface area contributed by atoms with E-state index in [4.69, 9.17) is 4.74 Å². The Bertz CT molecular complexity index is 845. The standard InChI is InChI=1S/C22H27N3O4/c1-22(2,3)17-11-7-8-12-18(17)29-15-21(28)25-24-20(27)14-13-19(26)23-16-9-5-4-6-10-16/h4-12H,13-15H2,1-3H3,(H,23,26)(H,24,27)(H,25,28). The molecule has 7 heteroatoms. The Balaban J connectivity index is 1.70. The number of amides is 3. The monoisotopic (exact) mass is 397 g/mol. The first-order chi connectivity index (χ1) is 13.8. The highest BCUT2D eigenvalue weighted by molar-refractivity contribution is 5.93. The van der Waals surface area contributed by atoms with E-state index in [2.05, 4.69) is 36.9 Å². The van der Waals surface area contributed by atoms with Crippen molar-refractivity contribution in [3.63, 3.8) is 0 Å². The van der Waals surface area contributed by atoms with Gasteiger partial charge in [0.15, 0.2) is 6.61 Å². The van der Waals surface area contributed by atoms with Gasteiger partial charge in [0.1, 0.15) is 5.75 Å². The molecule has 0 aliphatic heterocycles. The van der Waals surface area contributed by atoms with Crippen LogP contribution in [0.3, 0.4) is 0 Å². The predicted molar refractivity (Wildman–Crippen MR) is 111 cm³/mol. The zero-order valence-electron chi connectivity index (χ0n) is 17.0. The second kappa shape index (κ2) is 10.3. The van der Waals surface area contributed by atoms with E-state index in [-0.39, 0.29) is 30.8 Å². The van der Waals surface area contributed by atoms with Crippen molar-refractivity contribution in [1.29, 1.82) is 0 Å². The molecule has 2 aromatic rings. The maximum absolute atomic E-state index is 11.9. The molecule has 0 aliphatic rings. The van der Waals surface area contributed by atoms with Gasteiger partial charge in [0, 0.05) is 18.5 Å². The largest absolute Gasteiger partial charge is 0.483 e. The molecule has 0 heterocycles. The first kappa shape index (κ1) is 21.9. The Morgan fingerprint density at radius 2 is 1.38 bits per heavy atom. The third-order valence-electron chi connectivity index (χ3n) is 4.03. The Morgan fingerprint density at radius 3 is 2.07 bits per heavy atom. The van der Waals surface area contributed by atoms with Crippen molar-refractivity contribution in [3.05, 3.63) is 60.2 Å². The molecule has 29 heavy (non-hydrogen) atoms. The second-order valence-corrected chi connectivity index (χ2v) is 7.55. The lowest BCUT2D eigenvalue weighted by Crippen LogP contribution is -2.44. The SMILES string of the molecule is CC(C)(C)c1ccccc1OCC(=O)NNC(=O)CCC(=O)Nc1ccccc1. The first-order valence-corrected chi connectivity index (χ1v) is 9.40. The van der Waals surface area contributed by atoms with Gasteiger partial charge in [-0.25, -0.2) is 0 Å². The number of hydrogen-bond acceptors (Lipinski definition) is 4. The van der Waals surface area contributed by atoms with Gasteiger partial charge in [0.05, 0.1) is 0 Å². The number of benzene rings is 2. The van der Waals surface area contributed by atoms with Crippen molar-refractivity contribution in [2.45, 2.75) is 39.0 Å². The molecule has 2 aromatic carbocycles. The molecule has 0 saturated heterocycles. The molecule has 0 spiro atoms. The number of rotatable bonds is 7. The van der Waals surface area contributed by atoms with Gasteiger partial charge < -0.3 is 10.1 Å². The summed E-state index contributed by atoms with van der Waals surface area (Å²) in [6.45, 7) is 5.94. The molecule has 0 atom stereocenters. The van der Waals surface area contributed by atoms with E-state index in [1.165, 1.54) is 0 Å². The number of ether oxygens (including phenoxy) is 1. The number of para-hydroxylation sites is 2. The predicted octanol–water partition coefficient (Wildman–Crippen LogP) is 2.93. The quantitative estimate of drug-likeness (QED) is 0.626. The number of nitrogens with one attached hydrogen (secondary N) is 3.